The molecule has 5 nitrogen and oxygen atoms in total. The van der Waals surface area contributed by atoms with E-state index in [1.807, 2.05) is 0 Å². The Bertz CT molecular complexity index is 617. The molecule has 0 unspecified atom stereocenters. The van der Waals surface area contributed by atoms with Gasteiger partial charge in [0.05, 0.1) is 11.9 Å². The Morgan fingerprint density at radius 1 is 1.35 bits per heavy atom. The van der Waals surface area contributed by atoms with Crippen molar-refractivity contribution < 1.29 is 4.42 Å². The topological polar surface area (TPSA) is 94.6 Å². The molecule has 4 N–H and O–H groups in total. The summed E-state index contributed by atoms with van der Waals surface area (Å²) in [4.78, 5) is 16.1. The smallest absolute Gasteiger partial charge is 0.203 e. The highest BCUT2D eigenvalue weighted by atomic mass is 16.3. The fourth-order valence-corrected chi connectivity index (χ4v) is 1.53. The van der Waals surface area contributed by atoms with Crippen LogP contribution in [0.5, 0.6) is 0 Å². The third-order valence-electron chi connectivity index (χ3n) is 2.34. The molecule has 0 radical (unpaired) electrons. The summed E-state index contributed by atoms with van der Waals surface area (Å²) >= 11 is 0. The molecule has 2 aromatic rings. The standard InChI is InChI=1S/C12H13N3O2/c13-5-6-15-7-9-11(16)8-3-1-2-4-10(8)17-12(9)14/h1-4,7H,5-6,13-14H2. The monoisotopic (exact) mass is 231 g/mol. The van der Waals surface area contributed by atoms with Gasteiger partial charge in [0.15, 0.2) is 0 Å². The van der Waals surface area contributed by atoms with E-state index < -0.39 is 0 Å². The predicted molar refractivity (Wildman–Crippen MR) is 68.4 cm³/mol. The molecule has 0 aliphatic carbocycles. The Labute approximate surface area is 97.7 Å². The summed E-state index contributed by atoms with van der Waals surface area (Å²) in [5.74, 6) is 0.0782. The van der Waals surface area contributed by atoms with Crippen molar-refractivity contribution in [2.75, 3.05) is 18.8 Å². The van der Waals surface area contributed by atoms with Crippen molar-refractivity contribution in [3.05, 3.63) is 40.1 Å². The van der Waals surface area contributed by atoms with Crippen LogP contribution in [0.15, 0.2) is 38.5 Å². The Morgan fingerprint density at radius 2 is 2.12 bits per heavy atom. The van der Waals surface area contributed by atoms with E-state index >= 15 is 0 Å². The molecule has 5 heteroatoms. The van der Waals surface area contributed by atoms with Crippen LogP contribution in [0.4, 0.5) is 5.88 Å². The lowest BCUT2D eigenvalue weighted by Crippen LogP contribution is -2.12. The van der Waals surface area contributed by atoms with Crippen LogP contribution < -0.4 is 16.9 Å². The molecule has 0 aliphatic rings. The number of nitrogens with zero attached hydrogens (tertiary/aromatic N) is 1. The minimum Gasteiger partial charge on any atom is -0.440 e. The van der Waals surface area contributed by atoms with E-state index in [1.54, 1.807) is 24.3 Å². The van der Waals surface area contributed by atoms with Gasteiger partial charge in [0.2, 0.25) is 11.3 Å². The molecule has 0 atom stereocenters. The summed E-state index contributed by atoms with van der Waals surface area (Å²) < 4.78 is 5.36. The normalized spacial score (nSPS) is 11.4. The zero-order chi connectivity index (χ0) is 12.3. The van der Waals surface area contributed by atoms with Gasteiger partial charge in [0.25, 0.3) is 0 Å². The van der Waals surface area contributed by atoms with Crippen molar-refractivity contribution in [2.24, 2.45) is 10.7 Å². The number of aliphatic imine (C=N–C) groups is 1. The molecule has 0 saturated heterocycles. The summed E-state index contributed by atoms with van der Waals surface area (Å²) in [6.45, 7) is 0.876. The first kappa shape index (κ1) is 11.3. The SMILES string of the molecule is NCCN=Cc1c(N)oc2ccccc2c1=O. The molecule has 0 saturated carbocycles. The summed E-state index contributed by atoms with van der Waals surface area (Å²) in [6, 6.07) is 6.96. The fraction of sp³-hybridized carbons (Fsp3) is 0.167. The maximum absolute atomic E-state index is 12.1. The Kier molecular flexibility index (Phi) is 3.20. The van der Waals surface area contributed by atoms with Gasteiger partial charge in [-0.3, -0.25) is 9.79 Å². The molecular formula is C12H13N3O2. The van der Waals surface area contributed by atoms with Crippen molar-refractivity contribution in [2.45, 2.75) is 0 Å². The van der Waals surface area contributed by atoms with Crippen LogP contribution in [0.2, 0.25) is 0 Å². The van der Waals surface area contributed by atoms with Crippen LogP contribution in [0.25, 0.3) is 11.0 Å². The molecule has 1 aromatic carbocycles. The lowest BCUT2D eigenvalue weighted by atomic mass is 10.1. The van der Waals surface area contributed by atoms with Gasteiger partial charge in [-0.05, 0) is 12.1 Å². The maximum Gasteiger partial charge on any atom is 0.203 e. The van der Waals surface area contributed by atoms with Gasteiger partial charge in [-0.1, -0.05) is 12.1 Å². The van der Waals surface area contributed by atoms with E-state index in [9.17, 15) is 4.79 Å². The number of anilines is 1. The number of hydrogen-bond acceptors (Lipinski definition) is 5. The molecule has 2 rings (SSSR count). The second kappa shape index (κ2) is 4.80. The third-order valence-corrected chi connectivity index (χ3v) is 2.34. The zero-order valence-electron chi connectivity index (χ0n) is 9.22. The minimum atomic E-state index is -0.176. The number of para-hydroxylation sites is 1. The molecular weight excluding hydrogens is 218 g/mol. The van der Waals surface area contributed by atoms with Gasteiger partial charge in [-0.2, -0.15) is 0 Å². The van der Waals surface area contributed by atoms with Crippen LogP contribution in [0.3, 0.4) is 0 Å². The minimum absolute atomic E-state index is 0.0782. The number of hydrogen-bond donors (Lipinski definition) is 2. The first-order valence-electron chi connectivity index (χ1n) is 5.25. The van der Waals surface area contributed by atoms with Gasteiger partial charge in [0, 0.05) is 12.8 Å². The average molecular weight is 231 g/mol. The van der Waals surface area contributed by atoms with Gasteiger partial charge >= 0.3 is 0 Å². The van der Waals surface area contributed by atoms with Crippen LogP contribution in [0, 0.1) is 0 Å². The highest BCUT2D eigenvalue weighted by Gasteiger charge is 2.09. The van der Waals surface area contributed by atoms with E-state index in [2.05, 4.69) is 4.99 Å². The highest BCUT2D eigenvalue weighted by Crippen LogP contribution is 2.15. The van der Waals surface area contributed by atoms with Crippen LogP contribution in [0.1, 0.15) is 5.56 Å². The quantitative estimate of drug-likeness (QED) is 0.762. The van der Waals surface area contributed by atoms with E-state index in [1.165, 1.54) is 6.21 Å². The highest BCUT2D eigenvalue weighted by molar-refractivity contribution is 5.91. The molecule has 1 aromatic heterocycles. The largest absolute Gasteiger partial charge is 0.440 e. The van der Waals surface area contributed by atoms with Crippen LogP contribution >= 0.6 is 0 Å². The van der Waals surface area contributed by atoms with Gasteiger partial charge < -0.3 is 15.9 Å². The number of nitrogen functional groups attached to an aromatic ring is 1. The number of rotatable bonds is 3. The molecule has 1 heterocycles. The maximum atomic E-state index is 12.1. The lowest BCUT2D eigenvalue weighted by molar-refractivity contribution is 0.624. The zero-order valence-corrected chi connectivity index (χ0v) is 9.22. The summed E-state index contributed by atoms with van der Waals surface area (Å²) in [5, 5.41) is 0.496. The Morgan fingerprint density at radius 3 is 2.88 bits per heavy atom. The Balaban J connectivity index is 2.60. The molecule has 0 fully saturated rings. The van der Waals surface area contributed by atoms with E-state index in [-0.39, 0.29) is 16.9 Å². The van der Waals surface area contributed by atoms with Crippen molar-refractivity contribution in [1.82, 2.24) is 0 Å². The van der Waals surface area contributed by atoms with Gasteiger partial charge in [-0.25, -0.2) is 0 Å². The van der Waals surface area contributed by atoms with Crippen LogP contribution in [-0.4, -0.2) is 19.3 Å². The predicted octanol–water partition coefficient (Wildman–Crippen LogP) is 0.753. The fourth-order valence-electron chi connectivity index (χ4n) is 1.53. The average Bonchev–Trinajstić information content (AvgIpc) is 2.33. The molecule has 0 spiro atoms. The van der Waals surface area contributed by atoms with Crippen molar-refractivity contribution in [1.29, 1.82) is 0 Å². The summed E-state index contributed by atoms with van der Waals surface area (Å²) in [5.41, 5.74) is 11.6. The van der Waals surface area contributed by atoms with Crippen molar-refractivity contribution in [3.63, 3.8) is 0 Å². The number of nitrogens with two attached hydrogens (primary N) is 2. The first-order valence-corrected chi connectivity index (χ1v) is 5.25. The molecule has 0 aliphatic heterocycles. The first-order chi connectivity index (χ1) is 8.24. The lowest BCUT2D eigenvalue weighted by Gasteiger charge is -2.01. The van der Waals surface area contributed by atoms with Gasteiger partial charge in [0.1, 0.15) is 11.1 Å². The second-order valence-corrected chi connectivity index (χ2v) is 3.53. The van der Waals surface area contributed by atoms with E-state index in [0.29, 0.717) is 24.1 Å². The number of benzene rings is 1. The molecule has 17 heavy (non-hydrogen) atoms. The van der Waals surface area contributed by atoms with E-state index in [0.717, 1.165) is 0 Å². The van der Waals surface area contributed by atoms with Crippen molar-refractivity contribution >= 4 is 23.1 Å². The summed E-state index contributed by atoms with van der Waals surface area (Å²) in [6.07, 6.45) is 1.42. The van der Waals surface area contributed by atoms with E-state index in [4.69, 9.17) is 15.9 Å². The second-order valence-electron chi connectivity index (χ2n) is 3.53. The molecule has 0 amide bonds. The number of fused-ring (bicyclic) bond motifs is 1. The third kappa shape index (κ3) is 2.19. The van der Waals surface area contributed by atoms with Crippen molar-refractivity contribution in [3.8, 4) is 0 Å². The summed E-state index contributed by atoms with van der Waals surface area (Å²) in [7, 11) is 0. The Hall–Kier alpha value is -2.14. The molecule has 88 valence electrons. The van der Waals surface area contributed by atoms with Crippen LogP contribution in [-0.2, 0) is 0 Å². The molecule has 0 bridgehead atoms. The van der Waals surface area contributed by atoms with Gasteiger partial charge in [-0.15, -0.1) is 0 Å².